The molecule has 1 heterocycles. The van der Waals surface area contributed by atoms with Crippen LogP contribution in [0.4, 0.5) is 4.79 Å². The van der Waals surface area contributed by atoms with Crippen molar-refractivity contribution in [1.82, 2.24) is 20.4 Å². The van der Waals surface area contributed by atoms with Crippen molar-refractivity contribution in [2.45, 2.75) is 12.0 Å². The zero-order chi connectivity index (χ0) is 21.7. The van der Waals surface area contributed by atoms with Crippen molar-refractivity contribution >= 4 is 23.8 Å². The number of amides is 5. The Morgan fingerprint density at radius 3 is 2.20 bits per heavy atom. The quantitative estimate of drug-likeness (QED) is 0.665. The van der Waals surface area contributed by atoms with Crippen LogP contribution >= 0.6 is 0 Å². The van der Waals surface area contributed by atoms with E-state index < -0.39 is 29.9 Å². The van der Waals surface area contributed by atoms with Gasteiger partial charge in [0.05, 0.1) is 6.54 Å². The first-order valence-electron chi connectivity index (χ1n) is 9.54. The van der Waals surface area contributed by atoms with Crippen molar-refractivity contribution in [3.05, 3.63) is 71.8 Å². The number of nitrogens with zero attached hydrogens (tertiary/aromatic N) is 2. The zero-order valence-corrected chi connectivity index (χ0v) is 16.9. The molecule has 0 radical (unpaired) electrons. The van der Waals surface area contributed by atoms with Crippen LogP contribution in [0.15, 0.2) is 60.7 Å². The minimum Gasteiger partial charge on any atom is -0.347 e. The highest BCUT2D eigenvalue weighted by atomic mass is 16.2. The molecule has 2 aromatic carbocycles. The summed E-state index contributed by atoms with van der Waals surface area (Å²) in [4.78, 5) is 52.3. The molecule has 8 heteroatoms. The summed E-state index contributed by atoms with van der Waals surface area (Å²) in [6.07, 6.45) is 0.250. The molecular weight excluding hydrogens is 384 g/mol. The molecule has 0 spiro atoms. The number of hydrogen-bond donors (Lipinski definition) is 2. The van der Waals surface area contributed by atoms with Gasteiger partial charge in [0.2, 0.25) is 11.8 Å². The van der Waals surface area contributed by atoms with Gasteiger partial charge in [0, 0.05) is 20.5 Å². The summed E-state index contributed by atoms with van der Waals surface area (Å²) < 4.78 is 0. The largest absolute Gasteiger partial charge is 0.347 e. The molecule has 0 saturated carbocycles. The van der Waals surface area contributed by atoms with Crippen LogP contribution in [0.5, 0.6) is 0 Å². The normalized spacial score (nSPS) is 18.1. The van der Waals surface area contributed by atoms with Gasteiger partial charge in [0.1, 0.15) is 6.54 Å². The van der Waals surface area contributed by atoms with E-state index in [1.165, 1.54) is 4.90 Å². The third-order valence-electron chi connectivity index (χ3n) is 4.99. The zero-order valence-electron chi connectivity index (χ0n) is 16.9. The maximum absolute atomic E-state index is 13.4. The summed E-state index contributed by atoms with van der Waals surface area (Å²) in [6.45, 7) is -0.669. The lowest BCUT2D eigenvalue weighted by Crippen LogP contribution is -2.47. The number of urea groups is 1. The Labute approximate surface area is 174 Å². The maximum Gasteiger partial charge on any atom is 0.325 e. The molecule has 156 valence electrons. The summed E-state index contributed by atoms with van der Waals surface area (Å²) in [5, 5.41) is 5.25. The van der Waals surface area contributed by atoms with Gasteiger partial charge in [-0.2, -0.15) is 0 Å². The monoisotopic (exact) mass is 408 g/mol. The van der Waals surface area contributed by atoms with Crippen LogP contribution in [-0.4, -0.2) is 60.7 Å². The average Bonchev–Trinajstić information content (AvgIpc) is 2.98. The minimum absolute atomic E-state index is 0.205. The number of carbonyl (C=O) groups is 4. The number of hydrogen-bond acceptors (Lipinski definition) is 4. The summed E-state index contributed by atoms with van der Waals surface area (Å²) in [6, 6.07) is 17.7. The second kappa shape index (κ2) is 8.77. The van der Waals surface area contributed by atoms with Crippen LogP contribution in [-0.2, 0) is 26.3 Å². The van der Waals surface area contributed by atoms with Crippen LogP contribution in [0, 0.1) is 0 Å². The van der Waals surface area contributed by atoms with Gasteiger partial charge < -0.3 is 15.5 Å². The van der Waals surface area contributed by atoms with E-state index in [1.807, 2.05) is 36.4 Å². The summed E-state index contributed by atoms with van der Waals surface area (Å²) >= 11 is 0. The van der Waals surface area contributed by atoms with Crippen molar-refractivity contribution in [1.29, 1.82) is 0 Å². The van der Waals surface area contributed by atoms with Crippen molar-refractivity contribution in [2.75, 3.05) is 27.2 Å². The number of carbonyl (C=O) groups excluding carboxylic acids is 4. The van der Waals surface area contributed by atoms with Crippen LogP contribution in [0.2, 0.25) is 0 Å². The lowest BCUT2D eigenvalue weighted by atomic mass is 9.83. The minimum atomic E-state index is -1.31. The second-order valence-corrected chi connectivity index (χ2v) is 7.32. The molecule has 5 amide bonds. The van der Waals surface area contributed by atoms with E-state index >= 15 is 0 Å². The highest BCUT2D eigenvalue weighted by Crippen LogP contribution is 2.32. The van der Waals surface area contributed by atoms with Gasteiger partial charge in [-0.1, -0.05) is 60.7 Å². The predicted molar refractivity (Wildman–Crippen MR) is 110 cm³/mol. The highest BCUT2D eigenvalue weighted by Gasteiger charge is 2.52. The Morgan fingerprint density at radius 1 is 1.00 bits per heavy atom. The smallest absolute Gasteiger partial charge is 0.325 e. The molecule has 1 fully saturated rings. The standard InChI is InChI=1S/C22H24N4O4/c1-25(2)19(28)14-23-18(27)15-26-20(29)22(24-21(26)30,17-11-7-4-8-12-17)13-16-9-5-3-6-10-16/h3-12H,13-15H2,1-2H3,(H,23,27)(H,24,30)/t22-/m0/s1. The van der Waals surface area contributed by atoms with Gasteiger partial charge in [0.25, 0.3) is 5.91 Å². The van der Waals surface area contributed by atoms with E-state index in [1.54, 1.807) is 38.4 Å². The number of imide groups is 1. The first-order chi connectivity index (χ1) is 14.3. The number of benzene rings is 2. The average molecular weight is 408 g/mol. The van der Waals surface area contributed by atoms with Crippen molar-refractivity contribution < 1.29 is 19.2 Å². The Bertz CT molecular complexity index is 946. The SMILES string of the molecule is CN(C)C(=O)CNC(=O)CN1C(=O)N[C@@](Cc2ccccc2)(c2ccccc2)C1=O. The molecule has 2 N–H and O–H groups in total. The third kappa shape index (κ3) is 4.32. The summed E-state index contributed by atoms with van der Waals surface area (Å²) in [5.41, 5.74) is 0.204. The molecule has 2 aromatic rings. The molecular formula is C22H24N4O4. The van der Waals surface area contributed by atoms with E-state index in [0.29, 0.717) is 5.56 Å². The topological polar surface area (TPSA) is 98.8 Å². The maximum atomic E-state index is 13.4. The number of nitrogens with one attached hydrogen (secondary N) is 2. The lowest BCUT2D eigenvalue weighted by molar-refractivity contribution is -0.136. The summed E-state index contributed by atoms with van der Waals surface area (Å²) in [7, 11) is 3.15. The molecule has 1 aliphatic heterocycles. The fourth-order valence-corrected chi connectivity index (χ4v) is 3.34. The second-order valence-electron chi connectivity index (χ2n) is 7.32. The van der Waals surface area contributed by atoms with Crippen molar-refractivity contribution in [3.8, 4) is 0 Å². The Morgan fingerprint density at radius 2 is 1.60 bits per heavy atom. The Balaban J connectivity index is 1.83. The number of rotatable bonds is 7. The van der Waals surface area contributed by atoms with Crippen LogP contribution in [0.3, 0.4) is 0 Å². The highest BCUT2D eigenvalue weighted by molar-refractivity contribution is 6.09. The molecule has 1 saturated heterocycles. The van der Waals surface area contributed by atoms with Crippen molar-refractivity contribution in [3.63, 3.8) is 0 Å². The van der Waals surface area contributed by atoms with Crippen LogP contribution in [0.25, 0.3) is 0 Å². The Kier molecular flexibility index (Phi) is 6.15. The van der Waals surface area contributed by atoms with Gasteiger partial charge in [-0.25, -0.2) is 4.79 Å². The van der Waals surface area contributed by atoms with E-state index in [4.69, 9.17) is 0 Å². The molecule has 1 aliphatic rings. The third-order valence-corrected chi connectivity index (χ3v) is 4.99. The first kappa shape index (κ1) is 21.0. The fourth-order valence-electron chi connectivity index (χ4n) is 3.34. The van der Waals surface area contributed by atoms with Gasteiger partial charge in [-0.05, 0) is 11.1 Å². The van der Waals surface area contributed by atoms with Crippen molar-refractivity contribution in [2.24, 2.45) is 0 Å². The van der Waals surface area contributed by atoms with Gasteiger partial charge in [0.15, 0.2) is 5.54 Å². The Hall–Kier alpha value is -3.68. The van der Waals surface area contributed by atoms with E-state index in [0.717, 1.165) is 10.5 Å². The molecule has 30 heavy (non-hydrogen) atoms. The molecule has 3 rings (SSSR count). The van der Waals surface area contributed by atoms with E-state index in [-0.39, 0.29) is 18.9 Å². The lowest BCUT2D eigenvalue weighted by Gasteiger charge is -2.27. The van der Waals surface area contributed by atoms with Gasteiger partial charge in [-0.3, -0.25) is 19.3 Å². The molecule has 8 nitrogen and oxygen atoms in total. The van der Waals surface area contributed by atoms with Crippen LogP contribution in [0.1, 0.15) is 11.1 Å². The predicted octanol–water partition coefficient (Wildman–Crippen LogP) is 0.881. The number of likely N-dealkylation sites (N-methyl/N-ethyl adjacent to an activating group) is 1. The fraction of sp³-hybridized carbons (Fsp3) is 0.273. The molecule has 0 aliphatic carbocycles. The van der Waals surface area contributed by atoms with Crippen LogP contribution < -0.4 is 10.6 Å². The summed E-state index contributed by atoms with van der Waals surface area (Å²) in [5.74, 6) is -1.38. The van der Waals surface area contributed by atoms with E-state index in [2.05, 4.69) is 10.6 Å². The molecule has 1 atom stereocenters. The molecule has 0 aromatic heterocycles. The van der Waals surface area contributed by atoms with E-state index in [9.17, 15) is 19.2 Å². The molecule has 0 bridgehead atoms. The van der Waals surface area contributed by atoms with Gasteiger partial charge in [-0.15, -0.1) is 0 Å². The molecule has 0 unspecified atom stereocenters. The van der Waals surface area contributed by atoms with Gasteiger partial charge >= 0.3 is 6.03 Å². The first-order valence-corrected chi connectivity index (χ1v) is 9.54.